The molecule has 0 amide bonds. The first-order valence-electron chi connectivity index (χ1n) is 16.6. The summed E-state index contributed by atoms with van der Waals surface area (Å²) in [5.74, 6) is 1.61. The third-order valence-electron chi connectivity index (χ3n) is 9.22. The van der Waals surface area contributed by atoms with Crippen LogP contribution >= 0.6 is 0 Å². The monoisotopic (exact) mass is 678 g/mol. The second-order valence-corrected chi connectivity index (χ2v) is 12.4. The van der Waals surface area contributed by atoms with Crippen molar-refractivity contribution in [2.45, 2.75) is 31.4 Å². The number of nitrogens with zero attached hydrogens (tertiary/aromatic N) is 4. The van der Waals surface area contributed by atoms with Gasteiger partial charge in [-0.2, -0.15) is 0 Å². The molecule has 3 aromatic heterocycles. The van der Waals surface area contributed by atoms with Crippen LogP contribution in [0.2, 0.25) is 0 Å². The highest BCUT2D eigenvalue weighted by molar-refractivity contribution is 5.69. The summed E-state index contributed by atoms with van der Waals surface area (Å²) in [7, 11) is 1.63. The molecule has 51 heavy (non-hydrogen) atoms. The highest BCUT2D eigenvalue weighted by Gasteiger charge is 2.49. The molecule has 0 saturated carbocycles. The molecule has 0 bridgehead atoms. The normalized spacial score (nSPS) is 15.6. The average Bonchev–Trinajstić information content (AvgIpc) is 3.54. The molecule has 8 rings (SSSR count). The Morgan fingerprint density at radius 3 is 2.16 bits per heavy atom. The third kappa shape index (κ3) is 6.16. The van der Waals surface area contributed by atoms with Gasteiger partial charge in [-0.05, 0) is 71.8 Å². The fourth-order valence-corrected chi connectivity index (χ4v) is 7.01. The minimum absolute atomic E-state index is 0.185. The van der Waals surface area contributed by atoms with E-state index in [0.717, 1.165) is 22.3 Å². The summed E-state index contributed by atoms with van der Waals surface area (Å²) in [5, 5.41) is 9.90. The molecule has 5 heterocycles. The van der Waals surface area contributed by atoms with Crippen molar-refractivity contribution < 1.29 is 28.8 Å². The van der Waals surface area contributed by atoms with Crippen LogP contribution in [0, 0.1) is 0 Å². The first kappa shape index (κ1) is 32.1. The lowest BCUT2D eigenvalue weighted by Crippen LogP contribution is -2.35. The maximum Gasteiger partial charge on any atom is 0.317 e. The van der Waals surface area contributed by atoms with Crippen LogP contribution in [0.1, 0.15) is 51.1 Å². The molecule has 2 aliphatic rings. The summed E-state index contributed by atoms with van der Waals surface area (Å²) < 4.78 is 25.0. The summed E-state index contributed by atoms with van der Waals surface area (Å²) in [6.45, 7) is 0.678. The number of methoxy groups -OCH3 is 1. The molecule has 10 nitrogen and oxygen atoms in total. The number of benzene rings is 3. The van der Waals surface area contributed by atoms with Crippen molar-refractivity contribution in [3.8, 4) is 23.0 Å². The van der Waals surface area contributed by atoms with Crippen molar-refractivity contribution in [3.05, 3.63) is 173 Å². The van der Waals surface area contributed by atoms with Gasteiger partial charge in [-0.3, -0.25) is 24.6 Å². The van der Waals surface area contributed by atoms with E-state index in [1.807, 2.05) is 108 Å². The van der Waals surface area contributed by atoms with Crippen molar-refractivity contribution in [3.63, 3.8) is 0 Å². The smallest absolute Gasteiger partial charge is 0.317 e. The second-order valence-electron chi connectivity index (χ2n) is 12.4. The van der Waals surface area contributed by atoms with Crippen molar-refractivity contribution in [1.82, 2.24) is 19.9 Å². The Morgan fingerprint density at radius 2 is 1.47 bits per heavy atom. The zero-order chi connectivity index (χ0) is 34.8. The molecule has 0 saturated heterocycles. The number of pyridine rings is 3. The molecule has 1 unspecified atom stereocenters. The van der Waals surface area contributed by atoms with Gasteiger partial charge < -0.3 is 24.1 Å². The highest BCUT2D eigenvalue weighted by Crippen LogP contribution is 2.57. The zero-order valence-corrected chi connectivity index (χ0v) is 27.8. The Bertz CT molecular complexity index is 2160. The molecule has 1 N–H and O–H groups in total. The Balaban J connectivity index is 1.06. The average molecular weight is 679 g/mol. The SMILES string of the molecule is COc1ccc2c(c1)Oc1cc(OCc3cccc(CN(CC(=O)O)C(c4ccccn4)c4ccccn4)n3)ccc1C21OCc2ccccc21. The Kier molecular flexibility index (Phi) is 8.61. The summed E-state index contributed by atoms with van der Waals surface area (Å²) in [6.07, 6.45) is 3.39. The third-order valence-corrected chi connectivity index (χ3v) is 9.22. The standard InChI is InChI=1S/C41H34N4O6/c1-48-30-15-17-33-37(21-30)51-38-22-31(16-18-34(38)41(33)32-12-3-2-9-27(32)25-50-41)49-26-29-11-8-10-28(44-29)23-45(24-39(46)47)40(35-13-4-6-19-42-35)36-14-5-7-20-43-36/h2-22,40H,23-26H2,1H3,(H,46,47). The van der Waals surface area contributed by atoms with E-state index >= 15 is 0 Å². The van der Waals surface area contributed by atoms with Crippen molar-refractivity contribution in [2.75, 3.05) is 13.7 Å². The van der Waals surface area contributed by atoms with Gasteiger partial charge in [0.1, 0.15) is 29.6 Å². The van der Waals surface area contributed by atoms with Gasteiger partial charge >= 0.3 is 5.97 Å². The minimum Gasteiger partial charge on any atom is -0.497 e. The summed E-state index contributed by atoms with van der Waals surface area (Å²) >= 11 is 0. The zero-order valence-electron chi connectivity index (χ0n) is 27.8. The van der Waals surface area contributed by atoms with Gasteiger partial charge in [0.05, 0.1) is 49.1 Å². The van der Waals surface area contributed by atoms with Gasteiger partial charge in [-0.15, -0.1) is 0 Å². The molecule has 6 aromatic rings. The molecule has 1 spiro atoms. The van der Waals surface area contributed by atoms with Crippen LogP contribution in [0.3, 0.4) is 0 Å². The largest absolute Gasteiger partial charge is 0.497 e. The van der Waals surface area contributed by atoms with Gasteiger partial charge in [0.2, 0.25) is 0 Å². The van der Waals surface area contributed by atoms with E-state index in [2.05, 4.69) is 22.1 Å². The number of fused-ring (bicyclic) bond motifs is 6. The molecule has 1 atom stereocenters. The van der Waals surface area contributed by atoms with Gasteiger partial charge in [-0.1, -0.05) is 42.5 Å². The molecule has 10 heteroatoms. The number of ether oxygens (including phenoxy) is 4. The first-order chi connectivity index (χ1) is 25.0. The molecular weight excluding hydrogens is 644 g/mol. The predicted molar refractivity (Wildman–Crippen MR) is 188 cm³/mol. The van der Waals surface area contributed by atoms with Crippen LogP contribution in [-0.2, 0) is 34.9 Å². The van der Waals surface area contributed by atoms with E-state index in [4.69, 9.17) is 23.9 Å². The second kappa shape index (κ2) is 13.7. The van der Waals surface area contributed by atoms with E-state index in [0.29, 0.717) is 52.4 Å². The number of carbonyl (C=O) groups is 1. The van der Waals surface area contributed by atoms with Crippen LogP contribution < -0.4 is 14.2 Å². The Hall–Kier alpha value is -6.10. The molecule has 3 aromatic carbocycles. The first-order valence-corrected chi connectivity index (χ1v) is 16.6. The molecule has 254 valence electrons. The van der Waals surface area contributed by atoms with Crippen LogP contribution in [-0.4, -0.2) is 44.6 Å². The topological polar surface area (TPSA) is 116 Å². The van der Waals surface area contributed by atoms with E-state index in [1.165, 1.54) is 0 Å². The number of aliphatic carboxylic acids is 1. The molecule has 0 fully saturated rings. The fourth-order valence-electron chi connectivity index (χ4n) is 7.01. The van der Waals surface area contributed by atoms with Crippen molar-refractivity contribution in [2.24, 2.45) is 0 Å². The summed E-state index contributed by atoms with van der Waals surface area (Å²) in [5.41, 5.74) is 5.96. The predicted octanol–water partition coefficient (Wildman–Crippen LogP) is 7.06. The van der Waals surface area contributed by atoms with Gasteiger partial charge in [-0.25, -0.2) is 0 Å². The van der Waals surface area contributed by atoms with Crippen molar-refractivity contribution in [1.29, 1.82) is 0 Å². The molecule has 0 aliphatic carbocycles. The van der Waals surface area contributed by atoms with Crippen LogP contribution in [0.15, 0.2) is 128 Å². The lowest BCUT2D eigenvalue weighted by molar-refractivity contribution is -0.139. The van der Waals surface area contributed by atoms with Crippen LogP contribution in [0.5, 0.6) is 23.0 Å². The van der Waals surface area contributed by atoms with Gasteiger partial charge in [0, 0.05) is 42.2 Å². The van der Waals surface area contributed by atoms with Gasteiger partial charge in [0.15, 0.2) is 5.60 Å². The Labute approximate surface area is 294 Å². The number of hydrogen-bond acceptors (Lipinski definition) is 9. The van der Waals surface area contributed by atoms with E-state index in [1.54, 1.807) is 19.5 Å². The number of rotatable bonds is 11. The number of carboxylic acids is 1. The maximum absolute atomic E-state index is 12.1. The highest BCUT2D eigenvalue weighted by atomic mass is 16.5. The van der Waals surface area contributed by atoms with E-state index < -0.39 is 17.6 Å². The fraction of sp³-hybridized carbons (Fsp3) is 0.171. The summed E-state index contributed by atoms with van der Waals surface area (Å²) in [4.78, 5) is 27.9. The van der Waals surface area contributed by atoms with Crippen molar-refractivity contribution >= 4 is 5.97 Å². The van der Waals surface area contributed by atoms with E-state index in [9.17, 15) is 9.90 Å². The molecule has 2 aliphatic heterocycles. The molecule has 0 radical (unpaired) electrons. The minimum atomic E-state index is -0.963. The lowest BCUT2D eigenvalue weighted by Gasteiger charge is -2.37. The molecular formula is C41H34N4O6. The Morgan fingerprint density at radius 1 is 0.804 bits per heavy atom. The maximum atomic E-state index is 12.1. The summed E-state index contributed by atoms with van der Waals surface area (Å²) in [6, 6.07) is 36.2. The van der Waals surface area contributed by atoms with Crippen LogP contribution in [0.25, 0.3) is 0 Å². The van der Waals surface area contributed by atoms with E-state index in [-0.39, 0.29) is 19.7 Å². The lowest BCUT2D eigenvalue weighted by atomic mass is 9.77. The number of hydrogen-bond donors (Lipinski definition) is 1. The van der Waals surface area contributed by atoms with Gasteiger partial charge in [0.25, 0.3) is 0 Å². The van der Waals surface area contributed by atoms with Crippen LogP contribution in [0.4, 0.5) is 0 Å². The quantitative estimate of drug-likeness (QED) is 0.153. The number of aromatic nitrogens is 3. The number of carboxylic acid groups (broad SMARTS) is 1.